The lowest BCUT2D eigenvalue weighted by atomic mass is 10.0. The first kappa shape index (κ1) is 13.7. The maximum absolute atomic E-state index is 12.7. The lowest BCUT2D eigenvalue weighted by molar-refractivity contribution is -0.142. The van der Waals surface area contributed by atoms with Crippen molar-refractivity contribution in [2.24, 2.45) is 11.5 Å². The highest BCUT2D eigenvalue weighted by atomic mass is 19.4. The summed E-state index contributed by atoms with van der Waals surface area (Å²) in [5, 5.41) is 0. The monoisotopic (exact) mass is 249 g/mol. The van der Waals surface area contributed by atoms with Crippen molar-refractivity contribution in [3.05, 3.63) is 17.5 Å². The van der Waals surface area contributed by atoms with E-state index in [4.69, 9.17) is 17.2 Å². The smallest absolute Gasteiger partial charge is 0.368 e. The van der Waals surface area contributed by atoms with Gasteiger partial charge in [-0.3, -0.25) is 0 Å². The Kier molecular flexibility index (Phi) is 4.24. The maximum Gasteiger partial charge on any atom is 0.433 e. The summed E-state index contributed by atoms with van der Waals surface area (Å²) in [7, 11) is 0. The van der Waals surface area contributed by atoms with Crippen molar-refractivity contribution in [1.82, 2.24) is 9.97 Å². The van der Waals surface area contributed by atoms with Crippen LogP contribution < -0.4 is 17.2 Å². The summed E-state index contributed by atoms with van der Waals surface area (Å²) >= 11 is 0. The van der Waals surface area contributed by atoms with Crippen molar-refractivity contribution in [1.29, 1.82) is 0 Å². The molecule has 0 aliphatic heterocycles. The fraction of sp³-hybridized carbons (Fsp3) is 0.556. The topological polar surface area (TPSA) is 104 Å². The van der Waals surface area contributed by atoms with E-state index in [0.717, 1.165) is 6.20 Å². The fourth-order valence-corrected chi connectivity index (χ4v) is 1.40. The minimum absolute atomic E-state index is 0.153. The number of halogens is 3. The van der Waals surface area contributed by atoms with Gasteiger partial charge < -0.3 is 17.2 Å². The van der Waals surface area contributed by atoms with E-state index >= 15 is 0 Å². The molecular formula is C9H14F3N5. The van der Waals surface area contributed by atoms with Gasteiger partial charge in [-0.25, -0.2) is 9.97 Å². The van der Waals surface area contributed by atoms with Gasteiger partial charge in [-0.1, -0.05) is 0 Å². The Morgan fingerprint density at radius 2 is 2.00 bits per heavy atom. The molecule has 1 rings (SSSR count). The molecule has 8 heteroatoms. The first-order chi connectivity index (χ1) is 7.86. The molecule has 0 amide bonds. The summed E-state index contributed by atoms with van der Waals surface area (Å²) in [5.41, 5.74) is 14.8. The molecule has 0 fully saturated rings. The van der Waals surface area contributed by atoms with Crippen molar-refractivity contribution < 1.29 is 13.2 Å². The lowest BCUT2D eigenvalue weighted by Gasteiger charge is -2.16. The zero-order chi connectivity index (χ0) is 13.1. The van der Waals surface area contributed by atoms with Crippen LogP contribution in [0.5, 0.6) is 0 Å². The quantitative estimate of drug-likeness (QED) is 0.732. The van der Waals surface area contributed by atoms with Crippen molar-refractivity contribution in [2.75, 3.05) is 12.3 Å². The molecular weight excluding hydrogens is 235 g/mol. The molecule has 0 aliphatic carbocycles. The molecule has 0 saturated heterocycles. The standard InChI is InChI=1S/C9H14F3N5/c10-9(11,12)7-5(4-16-8(15)17-7)6(14)2-1-3-13/h4,6H,1-3,13-14H2,(H2,15,16,17). The molecule has 0 bridgehead atoms. The summed E-state index contributed by atoms with van der Waals surface area (Å²) in [6, 6.07) is -0.796. The number of nitrogens with two attached hydrogens (primary N) is 3. The Balaban J connectivity index is 3.06. The van der Waals surface area contributed by atoms with Gasteiger partial charge in [0, 0.05) is 17.8 Å². The Morgan fingerprint density at radius 1 is 1.35 bits per heavy atom. The van der Waals surface area contributed by atoms with Gasteiger partial charge in [-0.05, 0) is 19.4 Å². The summed E-state index contributed by atoms with van der Waals surface area (Å²) in [6.45, 7) is 0.366. The largest absolute Gasteiger partial charge is 0.433 e. The van der Waals surface area contributed by atoms with E-state index in [9.17, 15) is 13.2 Å². The predicted octanol–water partition coefficient (Wildman–Crippen LogP) is 0.816. The van der Waals surface area contributed by atoms with Crippen LogP contribution in [0.25, 0.3) is 0 Å². The third kappa shape index (κ3) is 3.53. The molecule has 1 aromatic heterocycles. The molecule has 96 valence electrons. The van der Waals surface area contributed by atoms with Crippen molar-refractivity contribution in [3.8, 4) is 0 Å². The number of hydrogen-bond acceptors (Lipinski definition) is 5. The van der Waals surface area contributed by atoms with E-state index in [0.29, 0.717) is 19.4 Å². The normalized spacial score (nSPS) is 13.7. The van der Waals surface area contributed by atoms with Gasteiger partial charge in [0.1, 0.15) is 0 Å². The Morgan fingerprint density at radius 3 is 2.53 bits per heavy atom. The molecule has 0 aromatic carbocycles. The summed E-state index contributed by atoms with van der Waals surface area (Å²) in [6.07, 6.45) is -2.70. The van der Waals surface area contributed by atoms with Gasteiger partial charge in [-0.2, -0.15) is 13.2 Å². The summed E-state index contributed by atoms with van der Waals surface area (Å²) in [5.74, 6) is -0.424. The number of nitrogens with zero attached hydrogens (tertiary/aromatic N) is 2. The van der Waals surface area contributed by atoms with Crippen molar-refractivity contribution in [3.63, 3.8) is 0 Å². The average molecular weight is 249 g/mol. The molecule has 0 aliphatic rings. The zero-order valence-electron chi connectivity index (χ0n) is 9.04. The van der Waals surface area contributed by atoms with Crippen molar-refractivity contribution >= 4 is 5.95 Å². The molecule has 5 nitrogen and oxygen atoms in total. The van der Waals surface area contributed by atoms with Crippen LogP contribution in [0.2, 0.25) is 0 Å². The van der Waals surface area contributed by atoms with Crippen LogP contribution in [0.15, 0.2) is 6.20 Å². The van der Waals surface area contributed by atoms with Crippen LogP contribution in [-0.4, -0.2) is 16.5 Å². The molecule has 0 radical (unpaired) electrons. The van der Waals surface area contributed by atoms with Crippen LogP contribution in [0.1, 0.15) is 30.1 Å². The zero-order valence-corrected chi connectivity index (χ0v) is 9.04. The van der Waals surface area contributed by atoms with Crippen LogP contribution in [-0.2, 0) is 6.18 Å². The second kappa shape index (κ2) is 5.28. The van der Waals surface area contributed by atoms with Gasteiger partial charge in [0.25, 0.3) is 0 Å². The fourth-order valence-electron chi connectivity index (χ4n) is 1.40. The highest BCUT2D eigenvalue weighted by Gasteiger charge is 2.37. The second-order valence-electron chi connectivity index (χ2n) is 3.57. The molecule has 6 N–H and O–H groups in total. The number of anilines is 1. The second-order valence-corrected chi connectivity index (χ2v) is 3.57. The lowest BCUT2D eigenvalue weighted by Crippen LogP contribution is -2.21. The molecule has 1 unspecified atom stereocenters. The van der Waals surface area contributed by atoms with E-state index in [1.165, 1.54) is 0 Å². The van der Waals surface area contributed by atoms with Gasteiger partial charge in [0.2, 0.25) is 5.95 Å². The number of nitrogen functional groups attached to an aromatic ring is 1. The highest BCUT2D eigenvalue weighted by Crippen LogP contribution is 2.33. The number of hydrogen-bond donors (Lipinski definition) is 3. The Hall–Kier alpha value is -1.41. The molecule has 0 spiro atoms. The van der Waals surface area contributed by atoms with E-state index in [2.05, 4.69) is 9.97 Å². The Bertz CT molecular complexity index is 379. The Labute approximate surface area is 96.2 Å². The minimum atomic E-state index is -4.59. The SMILES string of the molecule is NCCCC(N)c1cnc(N)nc1C(F)(F)F. The first-order valence-corrected chi connectivity index (χ1v) is 5.01. The first-order valence-electron chi connectivity index (χ1n) is 5.01. The van der Waals surface area contributed by atoms with Crippen LogP contribution in [0.3, 0.4) is 0 Å². The van der Waals surface area contributed by atoms with E-state index in [1.807, 2.05) is 0 Å². The van der Waals surface area contributed by atoms with Gasteiger partial charge in [-0.15, -0.1) is 0 Å². The van der Waals surface area contributed by atoms with Gasteiger partial charge in [0.05, 0.1) is 0 Å². The van der Waals surface area contributed by atoms with Gasteiger partial charge >= 0.3 is 6.18 Å². The van der Waals surface area contributed by atoms with E-state index in [-0.39, 0.29) is 5.56 Å². The highest BCUT2D eigenvalue weighted by molar-refractivity contribution is 5.29. The van der Waals surface area contributed by atoms with E-state index in [1.54, 1.807) is 0 Å². The predicted molar refractivity (Wildman–Crippen MR) is 56.7 cm³/mol. The number of alkyl halides is 3. The van der Waals surface area contributed by atoms with Crippen LogP contribution in [0.4, 0.5) is 19.1 Å². The van der Waals surface area contributed by atoms with E-state index < -0.39 is 23.9 Å². The minimum Gasteiger partial charge on any atom is -0.368 e. The molecule has 17 heavy (non-hydrogen) atoms. The molecule has 0 saturated carbocycles. The van der Waals surface area contributed by atoms with Gasteiger partial charge in [0.15, 0.2) is 5.69 Å². The van der Waals surface area contributed by atoms with Crippen LogP contribution in [0, 0.1) is 0 Å². The van der Waals surface area contributed by atoms with Crippen molar-refractivity contribution in [2.45, 2.75) is 25.1 Å². The number of aromatic nitrogens is 2. The number of rotatable bonds is 4. The maximum atomic E-state index is 12.7. The summed E-state index contributed by atoms with van der Waals surface area (Å²) in [4.78, 5) is 6.74. The summed E-state index contributed by atoms with van der Waals surface area (Å²) < 4.78 is 38.1. The third-order valence-electron chi connectivity index (χ3n) is 2.22. The van der Waals surface area contributed by atoms with Crippen LogP contribution >= 0.6 is 0 Å². The molecule has 1 heterocycles. The average Bonchev–Trinajstić information content (AvgIpc) is 2.24. The third-order valence-corrected chi connectivity index (χ3v) is 2.22. The molecule has 1 atom stereocenters. The molecule has 1 aromatic rings.